The van der Waals surface area contributed by atoms with Gasteiger partial charge in [-0.25, -0.2) is 0 Å². The van der Waals surface area contributed by atoms with Gasteiger partial charge in [-0.3, -0.25) is 4.79 Å². The van der Waals surface area contributed by atoms with E-state index in [1.165, 1.54) is 0 Å². The van der Waals surface area contributed by atoms with Crippen LogP contribution in [0.15, 0.2) is 24.3 Å². The lowest BCUT2D eigenvalue weighted by molar-refractivity contribution is -0.133. The van der Waals surface area contributed by atoms with E-state index in [1.54, 1.807) is 24.3 Å². The zero-order valence-electron chi connectivity index (χ0n) is 11.2. The van der Waals surface area contributed by atoms with E-state index in [-0.39, 0.29) is 12.5 Å². The molecule has 0 radical (unpaired) electrons. The Hall–Kier alpha value is -1.27. The summed E-state index contributed by atoms with van der Waals surface area (Å²) < 4.78 is 5.51. The second kappa shape index (κ2) is 7.50. The van der Waals surface area contributed by atoms with Crippen molar-refractivity contribution < 1.29 is 9.53 Å². The third kappa shape index (κ3) is 4.38. The second-order valence-corrected chi connectivity index (χ2v) is 6.19. The number of carbonyl (C=O) groups excluding carboxylic acids is 1. The van der Waals surface area contributed by atoms with Gasteiger partial charge in [0.1, 0.15) is 10.7 Å². The first-order valence-corrected chi connectivity index (χ1v) is 8.11. The Morgan fingerprint density at radius 1 is 1.30 bits per heavy atom. The summed E-state index contributed by atoms with van der Waals surface area (Å²) in [6, 6.07) is 7.15. The normalized spacial score (nSPS) is 15.5. The topological polar surface area (TPSA) is 55.6 Å². The number of amides is 1. The highest BCUT2D eigenvalue weighted by Crippen LogP contribution is 2.13. The molecule has 0 saturated carbocycles. The number of hydrogen-bond acceptors (Lipinski definition) is 4. The van der Waals surface area contributed by atoms with Crippen molar-refractivity contribution in [2.75, 3.05) is 31.2 Å². The number of thioether (sulfide) groups is 1. The Morgan fingerprint density at radius 3 is 2.75 bits per heavy atom. The Labute approximate surface area is 128 Å². The van der Waals surface area contributed by atoms with E-state index in [0.29, 0.717) is 10.7 Å². The van der Waals surface area contributed by atoms with Gasteiger partial charge in [0.2, 0.25) is 0 Å². The van der Waals surface area contributed by atoms with Gasteiger partial charge >= 0.3 is 0 Å². The second-order valence-electron chi connectivity index (χ2n) is 4.52. The molecule has 1 saturated heterocycles. The number of nitrogens with two attached hydrogens (primary N) is 1. The molecule has 6 heteroatoms. The van der Waals surface area contributed by atoms with Crippen molar-refractivity contribution in [1.82, 2.24) is 4.90 Å². The fourth-order valence-corrected chi connectivity index (χ4v) is 2.97. The molecule has 108 valence electrons. The molecule has 0 aliphatic carbocycles. The quantitative estimate of drug-likeness (QED) is 0.857. The average molecular weight is 310 g/mol. The number of benzene rings is 1. The van der Waals surface area contributed by atoms with Crippen molar-refractivity contribution in [2.24, 2.45) is 5.73 Å². The minimum Gasteiger partial charge on any atom is -0.484 e. The van der Waals surface area contributed by atoms with Gasteiger partial charge in [0, 0.05) is 24.4 Å². The van der Waals surface area contributed by atoms with E-state index in [1.807, 2.05) is 16.7 Å². The molecule has 0 bridgehead atoms. The van der Waals surface area contributed by atoms with Gasteiger partial charge in [-0.2, -0.15) is 11.8 Å². The third-order valence-corrected chi connectivity index (χ3v) is 4.36. The highest BCUT2D eigenvalue weighted by Gasteiger charge is 2.15. The molecule has 0 unspecified atom stereocenters. The van der Waals surface area contributed by atoms with Crippen LogP contribution in [0.3, 0.4) is 0 Å². The van der Waals surface area contributed by atoms with E-state index in [2.05, 4.69) is 0 Å². The third-order valence-electron chi connectivity index (χ3n) is 3.08. The van der Waals surface area contributed by atoms with Crippen LogP contribution in [0, 0.1) is 0 Å². The molecule has 1 aromatic rings. The summed E-state index contributed by atoms with van der Waals surface area (Å²) in [5, 5.41) is 0. The summed E-state index contributed by atoms with van der Waals surface area (Å²) >= 11 is 6.78. The van der Waals surface area contributed by atoms with Crippen molar-refractivity contribution in [2.45, 2.75) is 6.42 Å². The molecule has 1 aliphatic heterocycles. The molecule has 0 aromatic heterocycles. The SMILES string of the molecule is NC(=S)c1ccc(OCC(=O)N2CCCSCC2)cc1. The first-order valence-electron chi connectivity index (χ1n) is 6.55. The molecule has 2 N–H and O–H groups in total. The largest absolute Gasteiger partial charge is 0.484 e. The molecule has 0 atom stereocenters. The van der Waals surface area contributed by atoms with Crippen LogP contribution >= 0.6 is 24.0 Å². The maximum Gasteiger partial charge on any atom is 0.260 e. The van der Waals surface area contributed by atoms with Crippen LogP contribution in [0.5, 0.6) is 5.75 Å². The summed E-state index contributed by atoms with van der Waals surface area (Å²) in [6.07, 6.45) is 1.05. The summed E-state index contributed by atoms with van der Waals surface area (Å²) in [6.45, 7) is 1.72. The van der Waals surface area contributed by atoms with Crippen LogP contribution in [0.25, 0.3) is 0 Å². The fraction of sp³-hybridized carbons (Fsp3) is 0.429. The first-order chi connectivity index (χ1) is 9.66. The van der Waals surface area contributed by atoms with Gasteiger partial charge in [0.25, 0.3) is 5.91 Å². The van der Waals surface area contributed by atoms with Crippen LogP contribution < -0.4 is 10.5 Å². The lowest BCUT2D eigenvalue weighted by atomic mass is 10.2. The molecule has 4 nitrogen and oxygen atoms in total. The maximum atomic E-state index is 12.1. The number of ether oxygens (including phenoxy) is 1. The molecular weight excluding hydrogens is 292 g/mol. The predicted octanol–water partition coefficient (Wildman–Crippen LogP) is 1.67. The van der Waals surface area contributed by atoms with Gasteiger partial charge in [-0.05, 0) is 36.4 Å². The Kier molecular flexibility index (Phi) is 5.67. The first kappa shape index (κ1) is 15.1. The molecule has 1 fully saturated rings. The van der Waals surface area contributed by atoms with E-state index in [9.17, 15) is 4.79 Å². The maximum absolute atomic E-state index is 12.1. The van der Waals surface area contributed by atoms with Crippen molar-refractivity contribution in [3.05, 3.63) is 29.8 Å². The van der Waals surface area contributed by atoms with Crippen molar-refractivity contribution >= 4 is 34.9 Å². The lowest BCUT2D eigenvalue weighted by Gasteiger charge is -2.20. The Balaban J connectivity index is 1.84. The number of nitrogens with zero attached hydrogens (tertiary/aromatic N) is 1. The standard InChI is InChI=1S/C14H18N2O2S2/c15-14(19)11-2-4-12(5-3-11)18-10-13(17)16-6-1-8-20-9-7-16/h2-5H,1,6-10H2,(H2,15,19). The van der Waals surface area contributed by atoms with Crippen LogP contribution in [0.4, 0.5) is 0 Å². The van der Waals surface area contributed by atoms with E-state index in [0.717, 1.165) is 36.6 Å². The molecular formula is C14H18N2O2S2. The van der Waals surface area contributed by atoms with Gasteiger partial charge in [-0.15, -0.1) is 0 Å². The number of carbonyl (C=O) groups is 1. The molecule has 20 heavy (non-hydrogen) atoms. The average Bonchev–Trinajstić information content (AvgIpc) is 2.74. The molecule has 2 rings (SSSR count). The summed E-state index contributed by atoms with van der Waals surface area (Å²) in [7, 11) is 0. The Bertz CT molecular complexity index is 469. The van der Waals surface area contributed by atoms with Gasteiger partial charge in [0.05, 0.1) is 0 Å². The minimum atomic E-state index is 0.0472. The monoisotopic (exact) mass is 310 g/mol. The molecule has 0 spiro atoms. The van der Waals surface area contributed by atoms with Gasteiger partial charge < -0.3 is 15.4 Å². The zero-order valence-corrected chi connectivity index (χ0v) is 12.8. The van der Waals surface area contributed by atoms with E-state index in [4.69, 9.17) is 22.7 Å². The highest BCUT2D eigenvalue weighted by atomic mass is 32.2. The van der Waals surface area contributed by atoms with Crippen LogP contribution in [-0.4, -0.2) is 47.0 Å². The highest BCUT2D eigenvalue weighted by molar-refractivity contribution is 7.99. The van der Waals surface area contributed by atoms with Crippen LogP contribution in [0.2, 0.25) is 0 Å². The summed E-state index contributed by atoms with van der Waals surface area (Å²) in [5.74, 6) is 2.84. The lowest BCUT2D eigenvalue weighted by Crippen LogP contribution is -2.36. The number of hydrogen-bond donors (Lipinski definition) is 1. The molecule has 1 amide bonds. The van der Waals surface area contributed by atoms with E-state index < -0.39 is 0 Å². The number of thiocarbonyl (C=S) groups is 1. The smallest absolute Gasteiger partial charge is 0.260 e. The zero-order chi connectivity index (χ0) is 14.4. The summed E-state index contributed by atoms with van der Waals surface area (Å²) in [4.78, 5) is 14.3. The van der Waals surface area contributed by atoms with Crippen molar-refractivity contribution in [3.63, 3.8) is 0 Å². The summed E-state index contributed by atoms with van der Waals surface area (Å²) in [5.41, 5.74) is 6.32. The predicted molar refractivity (Wildman–Crippen MR) is 86.3 cm³/mol. The fourth-order valence-electron chi connectivity index (χ4n) is 1.95. The van der Waals surface area contributed by atoms with Crippen molar-refractivity contribution in [1.29, 1.82) is 0 Å². The minimum absolute atomic E-state index is 0.0472. The number of rotatable bonds is 4. The van der Waals surface area contributed by atoms with Crippen molar-refractivity contribution in [3.8, 4) is 5.75 Å². The molecule has 1 heterocycles. The molecule has 1 aromatic carbocycles. The van der Waals surface area contributed by atoms with Crippen LogP contribution in [-0.2, 0) is 4.79 Å². The Morgan fingerprint density at radius 2 is 2.05 bits per heavy atom. The van der Waals surface area contributed by atoms with E-state index >= 15 is 0 Å². The van der Waals surface area contributed by atoms with Gasteiger partial charge in [-0.1, -0.05) is 12.2 Å². The van der Waals surface area contributed by atoms with Gasteiger partial charge in [0.15, 0.2) is 6.61 Å². The van der Waals surface area contributed by atoms with Crippen LogP contribution in [0.1, 0.15) is 12.0 Å². The molecule has 1 aliphatic rings.